The largest absolute Gasteiger partial charge is 0.481 e. The molecule has 1 aromatic carbocycles. The third-order valence-corrected chi connectivity index (χ3v) is 4.08. The van der Waals surface area contributed by atoms with Gasteiger partial charge in [0.15, 0.2) is 5.17 Å². The lowest BCUT2D eigenvalue weighted by molar-refractivity contribution is -0.138. The minimum absolute atomic E-state index is 0.257. The summed E-state index contributed by atoms with van der Waals surface area (Å²) >= 11 is 12.8. The van der Waals surface area contributed by atoms with Crippen LogP contribution in [0.3, 0.4) is 0 Å². The number of rotatable bonds is 4. The molecule has 2 N–H and O–H groups in total. The molecule has 9 heteroatoms. The predicted molar refractivity (Wildman–Crippen MR) is 83.3 cm³/mol. The van der Waals surface area contributed by atoms with Crippen molar-refractivity contribution >= 4 is 58.2 Å². The Kier molecular flexibility index (Phi) is 5.22. The topological polar surface area (TPSA) is 91.1 Å². The molecule has 1 atom stereocenters. The molecule has 1 aliphatic rings. The number of hydrogen-bond acceptors (Lipinski definition) is 5. The van der Waals surface area contributed by atoms with Crippen LogP contribution in [0.1, 0.15) is 12.0 Å². The van der Waals surface area contributed by atoms with E-state index in [1.54, 1.807) is 18.2 Å². The quantitative estimate of drug-likeness (QED) is 0.647. The second-order valence-corrected chi connectivity index (χ2v) is 6.04. The van der Waals surface area contributed by atoms with Crippen LogP contribution in [0.25, 0.3) is 0 Å². The third-order valence-electron chi connectivity index (χ3n) is 2.44. The molecule has 0 bridgehead atoms. The lowest BCUT2D eigenvalue weighted by atomic mass is 10.2. The standard InChI is InChI=1S/C12H9Cl2N3O3S/c13-7-2-1-6(8(14)3-7)5-15-17-12-16-11(20)9(21-12)4-10(18)19/h1-3,5,9H,4H2,(H,18,19)(H,16,17,20)/b15-5+. The van der Waals surface area contributed by atoms with Gasteiger partial charge in [-0.3, -0.25) is 9.59 Å². The van der Waals surface area contributed by atoms with Gasteiger partial charge in [-0.05, 0) is 12.1 Å². The molecule has 21 heavy (non-hydrogen) atoms. The number of hydrogen-bond donors (Lipinski definition) is 2. The molecule has 1 amide bonds. The van der Waals surface area contributed by atoms with Crippen molar-refractivity contribution in [3.05, 3.63) is 33.8 Å². The molecule has 0 radical (unpaired) electrons. The van der Waals surface area contributed by atoms with E-state index in [-0.39, 0.29) is 17.5 Å². The van der Waals surface area contributed by atoms with E-state index in [4.69, 9.17) is 28.3 Å². The molecule has 1 aliphatic heterocycles. The van der Waals surface area contributed by atoms with Gasteiger partial charge in [-0.1, -0.05) is 41.0 Å². The lowest BCUT2D eigenvalue weighted by Gasteiger charge is -1.98. The molecule has 1 aromatic rings. The second-order valence-electron chi connectivity index (χ2n) is 4.01. The average Bonchev–Trinajstić information content (AvgIpc) is 2.72. The van der Waals surface area contributed by atoms with E-state index in [1.165, 1.54) is 6.21 Å². The molecule has 0 aliphatic carbocycles. The molecule has 1 heterocycles. The highest BCUT2D eigenvalue weighted by Gasteiger charge is 2.32. The summed E-state index contributed by atoms with van der Waals surface area (Å²) in [6, 6.07) is 4.92. The summed E-state index contributed by atoms with van der Waals surface area (Å²) in [7, 11) is 0. The van der Waals surface area contributed by atoms with Crippen molar-refractivity contribution in [3.8, 4) is 0 Å². The first-order chi connectivity index (χ1) is 9.95. The van der Waals surface area contributed by atoms with Gasteiger partial charge in [-0.25, -0.2) is 0 Å². The molecule has 0 spiro atoms. The summed E-state index contributed by atoms with van der Waals surface area (Å²) < 4.78 is 0. The zero-order valence-electron chi connectivity index (χ0n) is 10.4. The van der Waals surface area contributed by atoms with Gasteiger partial charge in [0.2, 0.25) is 5.91 Å². The Morgan fingerprint density at radius 3 is 2.90 bits per heavy atom. The minimum atomic E-state index is -1.04. The number of benzene rings is 1. The summed E-state index contributed by atoms with van der Waals surface area (Å²) in [6.07, 6.45) is 1.16. The number of carboxylic acids is 1. The number of aliphatic carboxylic acids is 1. The molecule has 1 saturated heterocycles. The van der Waals surface area contributed by atoms with Crippen LogP contribution in [-0.4, -0.2) is 33.6 Å². The first-order valence-electron chi connectivity index (χ1n) is 5.71. The molecule has 0 saturated carbocycles. The van der Waals surface area contributed by atoms with E-state index < -0.39 is 11.2 Å². The van der Waals surface area contributed by atoms with Crippen molar-refractivity contribution in [2.45, 2.75) is 11.7 Å². The number of nitrogens with zero attached hydrogens (tertiary/aromatic N) is 2. The molecular weight excluding hydrogens is 337 g/mol. The Hall–Kier alpha value is -1.57. The summed E-state index contributed by atoms with van der Waals surface area (Å²) in [5, 5.41) is 19.3. The normalized spacial score (nSPS) is 20.2. The van der Waals surface area contributed by atoms with E-state index >= 15 is 0 Å². The maximum absolute atomic E-state index is 11.5. The SMILES string of the molecule is O=C(O)CC1S/C(=N/N=C/c2ccc(Cl)cc2Cl)NC1=O. The number of carbonyl (C=O) groups is 2. The molecule has 1 unspecified atom stereocenters. The van der Waals surface area contributed by atoms with Crippen molar-refractivity contribution in [2.24, 2.45) is 10.2 Å². The average molecular weight is 346 g/mol. The molecule has 2 rings (SSSR count). The van der Waals surface area contributed by atoms with Crippen molar-refractivity contribution in [1.82, 2.24) is 5.32 Å². The number of amides is 1. The highest BCUT2D eigenvalue weighted by molar-refractivity contribution is 8.15. The maximum atomic E-state index is 11.5. The second kappa shape index (κ2) is 6.93. The fourth-order valence-corrected chi connectivity index (χ4v) is 2.87. The van der Waals surface area contributed by atoms with Gasteiger partial charge in [0.25, 0.3) is 0 Å². The van der Waals surface area contributed by atoms with Crippen LogP contribution in [0, 0.1) is 0 Å². The van der Waals surface area contributed by atoms with E-state index in [0.29, 0.717) is 15.6 Å². The van der Waals surface area contributed by atoms with Gasteiger partial charge in [0, 0.05) is 10.6 Å². The van der Waals surface area contributed by atoms with Gasteiger partial charge < -0.3 is 10.4 Å². The van der Waals surface area contributed by atoms with Gasteiger partial charge >= 0.3 is 5.97 Å². The fourth-order valence-electron chi connectivity index (χ4n) is 1.49. The Bertz CT molecular complexity index is 649. The van der Waals surface area contributed by atoms with Crippen LogP contribution in [0.2, 0.25) is 10.0 Å². The zero-order chi connectivity index (χ0) is 15.4. The smallest absolute Gasteiger partial charge is 0.305 e. The van der Waals surface area contributed by atoms with E-state index in [9.17, 15) is 9.59 Å². The molecule has 1 fully saturated rings. The van der Waals surface area contributed by atoms with Gasteiger partial charge in [0.05, 0.1) is 17.7 Å². The van der Waals surface area contributed by atoms with Crippen LogP contribution in [-0.2, 0) is 9.59 Å². The summed E-state index contributed by atoms with van der Waals surface area (Å²) in [6.45, 7) is 0. The summed E-state index contributed by atoms with van der Waals surface area (Å²) in [4.78, 5) is 22.1. The first-order valence-corrected chi connectivity index (χ1v) is 7.34. The van der Waals surface area contributed by atoms with Crippen molar-refractivity contribution in [2.75, 3.05) is 0 Å². The molecule has 0 aromatic heterocycles. The van der Waals surface area contributed by atoms with Crippen LogP contribution in [0.4, 0.5) is 0 Å². The predicted octanol–water partition coefficient (Wildman–Crippen LogP) is 2.39. The fraction of sp³-hybridized carbons (Fsp3) is 0.167. The van der Waals surface area contributed by atoms with E-state index in [0.717, 1.165) is 11.8 Å². The number of nitrogens with one attached hydrogen (secondary N) is 1. The Balaban J connectivity index is 2.03. The van der Waals surface area contributed by atoms with Crippen molar-refractivity contribution < 1.29 is 14.7 Å². The lowest BCUT2D eigenvalue weighted by Crippen LogP contribution is -2.26. The van der Waals surface area contributed by atoms with Crippen molar-refractivity contribution in [3.63, 3.8) is 0 Å². The van der Waals surface area contributed by atoms with Crippen molar-refractivity contribution in [1.29, 1.82) is 0 Å². The van der Waals surface area contributed by atoms with Gasteiger partial charge in [-0.15, -0.1) is 5.10 Å². The Morgan fingerprint density at radius 2 is 2.24 bits per heavy atom. The zero-order valence-corrected chi connectivity index (χ0v) is 12.7. The number of carboxylic acid groups (broad SMARTS) is 1. The first kappa shape index (κ1) is 15.8. The van der Waals surface area contributed by atoms with Gasteiger partial charge in [0.1, 0.15) is 5.25 Å². The highest BCUT2D eigenvalue weighted by atomic mass is 35.5. The van der Waals surface area contributed by atoms with Crippen LogP contribution in [0.15, 0.2) is 28.4 Å². The summed E-state index contributed by atoms with van der Waals surface area (Å²) in [5.41, 5.74) is 0.627. The molecule has 110 valence electrons. The van der Waals surface area contributed by atoms with Crippen LogP contribution < -0.4 is 5.32 Å². The van der Waals surface area contributed by atoms with E-state index in [1.807, 2.05) is 0 Å². The number of thioether (sulfide) groups is 1. The molecule has 6 nitrogen and oxygen atoms in total. The number of amidine groups is 1. The van der Waals surface area contributed by atoms with Crippen LogP contribution in [0.5, 0.6) is 0 Å². The number of halogens is 2. The van der Waals surface area contributed by atoms with Gasteiger partial charge in [-0.2, -0.15) is 5.10 Å². The third kappa shape index (κ3) is 4.45. The Labute approximate surface area is 134 Å². The molecular formula is C12H9Cl2N3O3S. The highest BCUT2D eigenvalue weighted by Crippen LogP contribution is 2.22. The van der Waals surface area contributed by atoms with Crippen LogP contribution >= 0.6 is 35.0 Å². The summed E-state index contributed by atoms with van der Waals surface area (Å²) in [5.74, 6) is -1.43. The van der Waals surface area contributed by atoms with E-state index in [2.05, 4.69) is 15.5 Å². The minimum Gasteiger partial charge on any atom is -0.481 e. The monoisotopic (exact) mass is 345 g/mol. The number of carbonyl (C=O) groups excluding carboxylic acids is 1. The Morgan fingerprint density at radius 1 is 1.48 bits per heavy atom. The maximum Gasteiger partial charge on any atom is 0.305 e.